The number of fused-ring (bicyclic) bond motifs is 1. The molecule has 0 saturated carbocycles. The van der Waals surface area contributed by atoms with Crippen LogP contribution in [0, 0.1) is 17.8 Å². The van der Waals surface area contributed by atoms with Crippen molar-refractivity contribution in [2.75, 3.05) is 13.2 Å². The fraction of sp³-hybridized carbons (Fsp3) is 0.510. The van der Waals surface area contributed by atoms with Gasteiger partial charge in [-0.3, -0.25) is 57.7 Å². The number of aromatic amines is 1. The summed E-state index contributed by atoms with van der Waals surface area (Å²) in [5.41, 5.74) is 31.4. The monoisotopic (exact) mass is 1100 g/mol. The van der Waals surface area contributed by atoms with Crippen LogP contribution in [-0.2, 0) is 59.2 Å². The zero-order valence-corrected chi connectivity index (χ0v) is 44.4. The molecule has 19 N–H and O–H groups in total. The predicted octanol–water partition coefficient (Wildman–Crippen LogP) is -3.64. The van der Waals surface area contributed by atoms with E-state index in [9.17, 15) is 53.1 Å². The van der Waals surface area contributed by atoms with E-state index < -0.39 is 157 Å². The highest BCUT2D eigenvalue weighted by atomic mass is 16.4. The minimum Gasteiger partial charge on any atom is -0.481 e. The van der Waals surface area contributed by atoms with Crippen LogP contribution in [0.1, 0.15) is 84.6 Å². The number of H-pyrrole nitrogens is 1. The quantitative estimate of drug-likeness (QED) is 0.0359. The number of aliphatic hydroxyl groups is 1. The molecule has 11 atom stereocenters. The Balaban J connectivity index is 1.44. The van der Waals surface area contributed by atoms with Gasteiger partial charge in [-0.05, 0) is 42.4 Å². The van der Waals surface area contributed by atoms with Crippen LogP contribution in [0.3, 0.4) is 0 Å². The summed E-state index contributed by atoms with van der Waals surface area (Å²) in [4.78, 5) is 152. The van der Waals surface area contributed by atoms with E-state index >= 15 is 4.79 Å². The van der Waals surface area contributed by atoms with Gasteiger partial charge in [0.1, 0.15) is 42.3 Å². The maximum absolute atomic E-state index is 15.2. The third-order valence-electron chi connectivity index (χ3n) is 14.2. The number of nitrogens with one attached hydrogen (secondary N) is 9. The number of rotatable bonds is 30. The second kappa shape index (κ2) is 28.3. The second-order valence-electron chi connectivity index (χ2n) is 19.9. The number of para-hydroxylation sites is 1. The zero-order valence-electron chi connectivity index (χ0n) is 44.4. The van der Waals surface area contributed by atoms with Crippen LogP contribution < -0.4 is 65.8 Å². The first-order valence-corrected chi connectivity index (χ1v) is 26.0. The molecule has 2 aromatic rings. The topological polar surface area (TPSA) is 451 Å². The fourth-order valence-electron chi connectivity index (χ4n) is 9.18. The standard InChI is InChI=1S/C51H73N15O13/c1-5-25(3)42(61-45(73)31(52)15-16-41(70)71)50(78)59-34(19-39(53)68)47(75)57-35(20-40(54)69)48(76)62-43(26(4)6-2)51(79)65-22-28(36-23-66(64-63-36)29-11-7-8-12-29)18-38(65)49(77)58-33(46(74)60-37(24-67)44(55)72)17-27-21-56-32-14-10-9-13-30(27)32/h7-11,13-14,21,23,25-26,28,31,33-35,37-38,42-43,56,63-64,67H,5-6,12,15-20,22,24,52H2,1-4H3,(H2,53,68)(H2,54,69)(H2,55,72)(H,57,75)(H,58,77)(H,59,78)(H,60,74)(H,61,73)(H,62,76)(H,70,71)/t25-,26-,28?,31-,33-,34-,35-,37-,38-,42-,43-/m0/s1. The van der Waals surface area contributed by atoms with Gasteiger partial charge in [0.05, 0.1) is 31.2 Å². The van der Waals surface area contributed by atoms with Crippen molar-refractivity contribution in [3.05, 3.63) is 71.8 Å². The number of allylic oxidation sites excluding steroid dienone is 3. The third-order valence-corrected chi connectivity index (χ3v) is 14.2. The number of carbonyl (C=O) groups is 11. The first-order valence-electron chi connectivity index (χ1n) is 26.0. The largest absolute Gasteiger partial charge is 0.481 e. The first-order chi connectivity index (χ1) is 37.5. The van der Waals surface area contributed by atoms with Crippen LogP contribution in [0.25, 0.3) is 10.9 Å². The SMILES string of the molecule is CC[C@H](C)[C@H](NC(=O)[C@@H](N)CCC(=O)O)C(=O)N[C@@H](CC(N)=O)C(=O)N[C@@H](CC(N)=O)C(=O)N[C@H](C(=O)N1CC(C2=CN(C3=CC=CC3)NN2)C[C@H]1C(=O)N[C@@H](Cc1c[nH]c2ccccc12)C(=O)N[C@@H](CO)C(N)=O)[C@@H](C)CC. The van der Waals surface area contributed by atoms with Crippen LogP contribution in [0.5, 0.6) is 0 Å². The number of aliphatic carboxylic acids is 1. The van der Waals surface area contributed by atoms with Crippen molar-refractivity contribution in [3.8, 4) is 0 Å². The van der Waals surface area contributed by atoms with Gasteiger partial charge in [-0.15, -0.1) is 5.53 Å². The lowest BCUT2D eigenvalue weighted by atomic mass is 9.96. The summed E-state index contributed by atoms with van der Waals surface area (Å²) < 4.78 is 0. The summed E-state index contributed by atoms with van der Waals surface area (Å²) in [6, 6.07) is -4.81. The number of carboxylic acids is 1. The molecule has 79 heavy (non-hydrogen) atoms. The van der Waals surface area contributed by atoms with Crippen molar-refractivity contribution < 1.29 is 63.0 Å². The third kappa shape index (κ3) is 16.6. The molecule has 5 rings (SSSR count). The molecule has 2 aliphatic heterocycles. The van der Waals surface area contributed by atoms with Crippen molar-refractivity contribution in [2.45, 2.75) is 134 Å². The first kappa shape index (κ1) is 61.5. The molecular weight excluding hydrogens is 1030 g/mol. The van der Waals surface area contributed by atoms with E-state index in [-0.39, 0.29) is 32.2 Å². The molecule has 1 aromatic carbocycles. The van der Waals surface area contributed by atoms with Gasteiger partial charge >= 0.3 is 5.97 Å². The summed E-state index contributed by atoms with van der Waals surface area (Å²) >= 11 is 0. The van der Waals surface area contributed by atoms with E-state index in [0.717, 1.165) is 16.6 Å². The lowest BCUT2D eigenvalue weighted by Crippen LogP contribution is -2.62. The van der Waals surface area contributed by atoms with E-state index in [1.165, 1.54) is 4.90 Å². The smallest absolute Gasteiger partial charge is 0.303 e. The van der Waals surface area contributed by atoms with Crippen molar-refractivity contribution in [2.24, 2.45) is 40.7 Å². The van der Waals surface area contributed by atoms with Gasteiger partial charge in [-0.1, -0.05) is 70.9 Å². The van der Waals surface area contributed by atoms with Gasteiger partial charge in [0, 0.05) is 60.7 Å². The number of primary amides is 3. The number of hydrogen-bond acceptors (Lipinski definition) is 16. The Morgan fingerprint density at radius 1 is 0.759 bits per heavy atom. The normalized spacial score (nSPS) is 19.2. The average molecular weight is 1100 g/mol. The Bertz CT molecular complexity index is 2730. The van der Waals surface area contributed by atoms with Crippen molar-refractivity contribution in [1.82, 2.24) is 57.8 Å². The Kier molecular flexibility index (Phi) is 22.0. The van der Waals surface area contributed by atoms with Gasteiger partial charge in [0.15, 0.2) is 0 Å². The van der Waals surface area contributed by atoms with Gasteiger partial charge in [-0.25, -0.2) is 0 Å². The molecular formula is C51H73N15O13. The van der Waals surface area contributed by atoms with Crippen molar-refractivity contribution in [3.63, 3.8) is 0 Å². The maximum atomic E-state index is 15.2. The van der Waals surface area contributed by atoms with E-state index in [0.29, 0.717) is 24.1 Å². The molecule has 1 saturated heterocycles. The maximum Gasteiger partial charge on any atom is 0.303 e. The van der Waals surface area contributed by atoms with Crippen LogP contribution in [0.15, 0.2) is 66.3 Å². The molecule has 1 aliphatic carbocycles. The molecule has 1 fully saturated rings. The minimum absolute atomic E-state index is 0.0151. The number of likely N-dealkylation sites (tertiary alicyclic amines) is 1. The van der Waals surface area contributed by atoms with Crippen molar-refractivity contribution in [1.29, 1.82) is 0 Å². The van der Waals surface area contributed by atoms with E-state index in [2.05, 4.69) is 47.8 Å². The van der Waals surface area contributed by atoms with E-state index in [1.807, 2.05) is 24.3 Å². The van der Waals surface area contributed by atoms with Gasteiger partial charge < -0.3 is 80.4 Å². The van der Waals surface area contributed by atoms with E-state index in [4.69, 9.17) is 28.0 Å². The summed E-state index contributed by atoms with van der Waals surface area (Å²) in [6.07, 6.45) is 7.83. The molecule has 10 amide bonds. The number of carboxylic acid groups (broad SMARTS) is 1. The number of nitrogens with two attached hydrogens (primary N) is 4. The lowest BCUT2D eigenvalue weighted by Gasteiger charge is -2.33. The van der Waals surface area contributed by atoms with Crippen LogP contribution in [0.4, 0.5) is 0 Å². The highest BCUT2D eigenvalue weighted by Crippen LogP contribution is 2.32. The number of amides is 10. The molecule has 28 heteroatoms. The number of nitrogens with zero attached hydrogens (tertiary/aromatic N) is 2. The summed E-state index contributed by atoms with van der Waals surface area (Å²) in [6.45, 7) is 5.72. The highest BCUT2D eigenvalue weighted by molar-refractivity contribution is 6.00. The Morgan fingerprint density at radius 2 is 1.35 bits per heavy atom. The predicted molar refractivity (Wildman–Crippen MR) is 283 cm³/mol. The van der Waals surface area contributed by atoms with E-state index in [1.54, 1.807) is 63.3 Å². The van der Waals surface area contributed by atoms with Crippen LogP contribution in [-0.4, -0.2) is 152 Å². The number of hydrazine groups is 2. The lowest BCUT2D eigenvalue weighted by molar-refractivity contribution is -0.144. The Labute approximate surface area is 455 Å². The summed E-state index contributed by atoms with van der Waals surface area (Å²) in [7, 11) is 0. The van der Waals surface area contributed by atoms with Gasteiger partial charge in [0.25, 0.3) is 0 Å². The Hall–Kier alpha value is -8.37. The molecule has 1 aromatic heterocycles. The molecule has 3 heterocycles. The number of hydrogen-bond donors (Lipinski definition) is 15. The average Bonchev–Trinajstić information content (AvgIpc) is 4.31. The number of aromatic nitrogens is 1. The summed E-state index contributed by atoms with van der Waals surface area (Å²) in [5.74, 6) is -12.8. The number of aliphatic hydroxyl groups excluding tert-OH is 1. The Morgan fingerprint density at radius 3 is 1.95 bits per heavy atom. The summed E-state index contributed by atoms with van der Waals surface area (Å²) in [5, 5.41) is 36.4. The van der Waals surface area contributed by atoms with Gasteiger partial charge in [0.2, 0.25) is 59.1 Å². The second-order valence-corrected chi connectivity index (χ2v) is 19.9. The molecule has 430 valence electrons. The van der Waals surface area contributed by atoms with Gasteiger partial charge in [-0.2, -0.15) is 0 Å². The molecule has 1 unspecified atom stereocenters. The van der Waals surface area contributed by atoms with Crippen molar-refractivity contribution >= 4 is 75.9 Å². The molecule has 3 aliphatic rings. The number of benzene rings is 1. The number of carbonyl (C=O) groups excluding carboxylic acids is 10. The zero-order chi connectivity index (χ0) is 58.2. The minimum atomic E-state index is -1.84. The van der Waals surface area contributed by atoms with Crippen LogP contribution in [0.2, 0.25) is 0 Å². The van der Waals surface area contributed by atoms with Crippen LogP contribution >= 0.6 is 0 Å². The molecule has 0 spiro atoms. The molecule has 0 bridgehead atoms. The fourth-order valence-corrected chi connectivity index (χ4v) is 9.18. The highest BCUT2D eigenvalue weighted by Gasteiger charge is 2.46. The molecule has 28 nitrogen and oxygen atoms in total. The molecule has 0 radical (unpaired) electrons.